The van der Waals surface area contributed by atoms with Gasteiger partial charge in [0.25, 0.3) is 0 Å². The molecule has 198 valence electrons. The molecule has 38 heavy (non-hydrogen) atoms. The summed E-state index contributed by atoms with van der Waals surface area (Å²) in [6, 6.07) is 21.7. The Hall–Kier alpha value is -2.23. The maximum absolute atomic E-state index is 13.8. The summed E-state index contributed by atoms with van der Waals surface area (Å²) < 4.78 is 29.8. The number of nitrogens with zero attached hydrogens (tertiary/aromatic N) is 3. The van der Waals surface area contributed by atoms with E-state index >= 15 is 0 Å². The molecule has 6 rings (SSSR count). The van der Waals surface area contributed by atoms with Gasteiger partial charge in [-0.1, -0.05) is 54.1 Å². The monoisotopic (exact) mass is 613 g/mol. The third-order valence-corrected chi connectivity index (χ3v) is 10.9. The molecule has 0 aromatic heterocycles. The molecule has 3 aromatic rings. The second-order valence-corrected chi connectivity index (χ2v) is 13.4. The van der Waals surface area contributed by atoms with Crippen LogP contribution < -0.4 is 4.90 Å². The van der Waals surface area contributed by atoms with Crippen molar-refractivity contribution in [2.75, 3.05) is 37.6 Å². The van der Waals surface area contributed by atoms with Crippen molar-refractivity contribution in [3.8, 4) is 0 Å². The number of anilines is 1. The molecule has 0 radical (unpaired) electrons. The fourth-order valence-corrected chi connectivity index (χ4v) is 8.22. The van der Waals surface area contributed by atoms with Gasteiger partial charge in [-0.2, -0.15) is 4.31 Å². The van der Waals surface area contributed by atoms with Gasteiger partial charge >= 0.3 is 0 Å². The molecular formula is C29H29BrClN3O3S. The van der Waals surface area contributed by atoms with Gasteiger partial charge in [0.05, 0.1) is 10.9 Å². The minimum absolute atomic E-state index is 0.00652. The molecule has 3 aromatic carbocycles. The van der Waals surface area contributed by atoms with Crippen molar-refractivity contribution in [2.45, 2.75) is 30.2 Å². The largest absolute Gasteiger partial charge is 0.312 e. The van der Waals surface area contributed by atoms with E-state index in [1.807, 2.05) is 48.5 Å². The molecular weight excluding hydrogens is 586 g/mol. The number of fused-ring (bicyclic) bond motifs is 1. The number of piperazine rings is 1. The number of rotatable bonds is 6. The fraction of sp³-hybridized carbons (Fsp3) is 0.345. The summed E-state index contributed by atoms with van der Waals surface area (Å²) in [5.41, 5.74) is 4.05. The average Bonchev–Trinajstić information content (AvgIpc) is 3.70. The van der Waals surface area contributed by atoms with Gasteiger partial charge < -0.3 is 4.90 Å². The SMILES string of the molecule is O=C(C1CC1)N1CCc2cc(Br)c(S(=O)(=O)N3CCN([C@H](c4ccccc4)c4ccc(Cl)cc4)CC3)cc21. The Balaban J connectivity index is 1.24. The normalized spacial score (nSPS) is 19.4. The topological polar surface area (TPSA) is 60.9 Å². The zero-order valence-electron chi connectivity index (χ0n) is 20.9. The Morgan fingerprint density at radius 3 is 2.21 bits per heavy atom. The summed E-state index contributed by atoms with van der Waals surface area (Å²) in [7, 11) is -3.75. The van der Waals surface area contributed by atoms with Gasteiger partial charge in [-0.05, 0) is 76.1 Å². The zero-order chi connectivity index (χ0) is 26.4. The van der Waals surface area contributed by atoms with E-state index < -0.39 is 10.0 Å². The number of carbonyl (C=O) groups excluding carboxylic acids is 1. The second-order valence-electron chi connectivity index (χ2n) is 10.2. The van der Waals surface area contributed by atoms with Gasteiger partial charge in [0.15, 0.2) is 0 Å². The molecule has 9 heteroatoms. The lowest BCUT2D eigenvalue weighted by Gasteiger charge is -2.39. The van der Waals surface area contributed by atoms with E-state index in [1.54, 1.807) is 15.3 Å². The molecule has 3 aliphatic rings. The average molecular weight is 615 g/mol. The first-order valence-corrected chi connectivity index (χ1v) is 15.6. The standard InChI is InChI=1S/C29H29BrClN3O3S/c30-25-18-23-12-13-34(29(35)22-6-7-22)26(23)19-27(25)38(36,37)33-16-14-32(15-17-33)28(20-4-2-1-3-5-20)21-8-10-24(31)11-9-21/h1-5,8-11,18-19,22,28H,6-7,12-17H2/t28-/m1/s1. The minimum atomic E-state index is -3.75. The molecule has 1 aliphatic carbocycles. The maximum Gasteiger partial charge on any atom is 0.244 e. The number of amides is 1. The highest BCUT2D eigenvalue weighted by Crippen LogP contribution is 2.40. The summed E-state index contributed by atoms with van der Waals surface area (Å²) in [5.74, 6) is 0.216. The van der Waals surface area contributed by atoms with Crippen molar-refractivity contribution in [3.05, 3.63) is 92.9 Å². The molecule has 1 atom stereocenters. The molecule has 1 saturated carbocycles. The van der Waals surface area contributed by atoms with Crippen LogP contribution in [-0.4, -0.2) is 56.3 Å². The molecule has 0 spiro atoms. The van der Waals surface area contributed by atoms with Crippen LogP contribution in [0.15, 0.2) is 76.1 Å². The number of sulfonamides is 1. The lowest BCUT2D eigenvalue weighted by Crippen LogP contribution is -2.49. The zero-order valence-corrected chi connectivity index (χ0v) is 24.1. The fourth-order valence-electron chi connectivity index (χ4n) is 5.60. The van der Waals surface area contributed by atoms with Crippen LogP contribution in [0.2, 0.25) is 5.02 Å². The van der Waals surface area contributed by atoms with Gasteiger partial charge in [-0.15, -0.1) is 0 Å². The van der Waals surface area contributed by atoms with E-state index in [0.717, 1.165) is 41.6 Å². The summed E-state index contributed by atoms with van der Waals surface area (Å²) in [5, 5.41) is 0.689. The highest BCUT2D eigenvalue weighted by Gasteiger charge is 2.39. The number of hydrogen-bond acceptors (Lipinski definition) is 4. The number of hydrogen-bond donors (Lipinski definition) is 0. The molecule has 0 bridgehead atoms. The molecule has 0 unspecified atom stereocenters. The smallest absolute Gasteiger partial charge is 0.244 e. The highest BCUT2D eigenvalue weighted by atomic mass is 79.9. The van der Waals surface area contributed by atoms with Gasteiger partial charge in [0.2, 0.25) is 15.9 Å². The molecule has 1 amide bonds. The van der Waals surface area contributed by atoms with E-state index in [0.29, 0.717) is 42.2 Å². The van der Waals surface area contributed by atoms with Crippen LogP contribution in [0.3, 0.4) is 0 Å². The summed E-state index contributed by atoms with van der Waals surface area (Å²) in [6.45, 7) is 2.57. The quantitative estimate of drug-likeness (QED) is 0.368. The van der Waals surface area contributed by atoms with Crippen molar-refractivity contribution < 1.29 is 13.2 Å². The minimum Gasteiger partial charge on any atom is -0.312 e. The first-order valence-electron chi connectivity index (χ1n) is 13.0. The molecule has 6 nitrogen and oxygen atoms in total. The Kier molecular flexibility index (Phi) is 7.12. The van der Waals surface area contributed by atoms with Crippen LogP contribution in [0.1, 0.15) is 35.6 Å². The Labute approximate surface area is 237 Å². The predicted octanol–water partition coefficient (Wildman–Crippen LogP) is 5.50. The number of carbonyl (C=O) groups is 1. The van der Waals surface area contributed by atoms with Crippen molar-refractivity contribution in [1.82, 2.24) is 9.21 Å². The summed E-state index contributed by atoms with van der Waals surface area (Å²) in [4.78, 5) is 17.2. The Bertz CT molecular complexity index is 1450. The van der Waals surface area contributed by atoms with Crippen LogP contribution >= 0.6 is 27.5 Å². The van der Waals surface area contributed by atoms with E-state index in [-0.39, 0.29) is 22.8 Å². The summed E-state index contributed by atoms with van der Waals surface area (Å²) in [6.07, 6.45) is 2.60. The van der Waals surface area contributed by atoms with Crippen molar-refractivity contribution in [2.24, 2.45) is 5.92 Å². The predicted molar refractivity (Wildman–Crippen MR) is 153 cm³/mol. The third kappa shape index (κ3) is 4.93. The lowest BCUT2D eigenvalue weighted by atomic mass is 9.96. The van der Waals surface area contributed by atoms with E-state index in [1.165, 1.54) is 0 Å². The van der Waals surface area contributed by atoms with Crippen LogP contribution in [0.5, 0.6) is 0 Å². The first kappa shape index (κ1) is 26.0. The van der Waals surface area contributed by atoms with E-state index in [2.05, 4.69) is 33.0 Å². The molecule has 0 N–H and O–H groups in total. The van der Waals surface area contributed by atoms with Gasteiger partial charge in [0, 0.05) is 53.8 Å². The van der Waals surface area contributed by atoms with Gasteiger partial charge in [0.1, 0.15) is 0 Å². The first-order chi connectivity index (χ1) is 18.3. The van der Waals surface area contributed by atoms with Gasteiger partial charge in [-0.25, -0.2) is 8.42 Å². The van der Waals surface area contributed by atoms with Crippen molar-refractivity contribution in [1.29, 1.82) is 0 Å². The third-order valence-electron chi connectivity index (χ3n) is 7.78. The Morgan fingerprint density at radius 2 is 1.55 bits per heavy atom. The highest BCUT2D eigenvalue weighted by molar-refractivity contribution is 9.10. The van der Waals surface area contributed by atoms with Crippen molar-refractivity contribution in [3.63, 3.8) is 0 Å². The van der Waals surface area contributed by atoms with Crippen LogP contribution in [-0.2, 0) is 21.2 Å². The lowest BCUT2D eigenvalue weighted by molar-refractivity contribution is -0.119. The van der Waals surface area contributed by atoms with Gasteiger partial charge in [-0.3, -0.25) is 9.69 Å². The second kappa shape index (κ2) is 10.4. The van der Waals surface area contributed by atoms with Crippen LogP contribution in [0.25, 0.3) is 0 Å². The number of benzene rings is 3. The number of halogens is 2. The molecule has 2 heterocycles. The molecule has 1 saturated heterocycles. The molecule has 2 aliphatic heterocycles. The van der Waals surface area contributed by atoms with Crippen LogP contribution in [0.4, 0.5) is 5.69 Å². The summed E-state index contributed by atoms with van der Waals surface area (Å²) >= 11 is 9.68. The van der Waals surface area contributed by atoms with E-state index in [9.17, 15) is 13.2 Å². The molecule has 2 fully saturated rings. The van der Waals surface area contributed by atoms with Crippen molar-refractivity contribution >= 4 is 49.1 Å². The van der Waals surface area contributed by atoms with E-state index in [4.69, 9.17) is 11.6 Å². The van der Waals surface area contributed by atoms with Crippen LogP contribution in [0, 0.1) is 5.92 Å². The Morgan fingerprint density at radius 1 is 0.895 bits per heavy atom. The maximum atomic E-state index is 13.8.